The van der Waals surface area contributed by atoms with Gasteiger partial charge in [-0.2, -0.15) is 0 Å². The number of furan rings is 1. The average Bonchev–Trinajstić information content (AvgIpc) is 3.41. The van der Waals surface area contributed by atoms with Gasteiger partial charge in [-0.15, -0.1) is 0 Å². The zero-order valence-electron chi connectivity index (χ0n) is 17.7. The van der Waals surface area contributed by atoms with Gasteiger partial charge in [0, 0.05) is 29.2 Å². The van der Waals surface area contributed by atoms with Crippen LogP contribution >= 0.6 is 0 Å². The molecule has 0 radical (unpaired) electrons. The number of methoxy groups -OCH3 is 1. The molecule has 2 heterocycles. The summed E-state index contributed by atoms with van der Waals surface area (Å²) in [6.07, 6.45) is -1.27. The molecule has 2 N–H and O–H groups in total. The van der Waals surface area contributed by atoms with E-state index in [9.17, 15) is 14.0 Å². The van der Waals surface area contributed by atoms with Gasteiger partial charge in [-0.3, -0.25) is 0 Å². The van der Waals surface area contributed by atoms with Crippen LogP contribution in [0.15, 0.2) is 51.4 Å². The number of halogens is 1. The Bertz CT molecular complexity index is 1320. The lowest BCUT2D eigenvalue weighted by Crippen LogP contribution is -2.18. The van der Waals surface area contributed by atoms with Crippen LogP contribution < -0.4 is 10.5 Å². The van der Waals surface area contributed by atoms with Crippen molar-refractivity contribution in [2.45, 2.75) is 13.5 Å². The molecule has 4 rings (SSSR count). The predicted octanol–water partition coefficient (Wildman–Crippen LogP) is 4.67. The molecule has 0 atom stereocenters. The molecule has 0 saturated heterocycles. The van der Waals surface area contributed by atoms with Crippen LogP contribution in [0.3, 0.4) is 0 Å². The van der Waals surface area contributed by atoms with Crippen LogP contribution in [0.1, 0.15) is 23.0 Å². The highest BCUT2D eigenvalue weighted by Crippen LogP contribution is 2.40. The maximum absolute atomic E-state index is 13.4. The molecule has 0 aliphatic rings. The van der Waals surface area contributed by atoms with Crippen LogP contribution in [0.5, 0.6) is 5.75 Å². The first kappa shape index (κ1) is 22.0. The molecule has 0 fully saturated rings. The molecule has 0 saturated carbocycles. The van der Waals surface area contributed by atoms with Crippen molar-refractivity contribution < 1.29 is 37.1 Å². The van der Waals surface area contributed by atoms with Gasteiger partial charge in [0.15, 0.2) is 5.76 Å². The van der Waals surface area contributed by atoms with Gasteiger partial charge in [0.05, 0.1) is 7.11 Å². The van der Waals surface area contributed by atoms with Crippen molar-refractivity contribution >= 4 is 23.0 Å². The minimum Gasteiger partial charge on any atom is -0.496 e. The third-order valence-electron chi connectivity index (χ3n) is 4.80. The number of rotatable bonds is 7. The Hall–Kier alpha value is -4.18. The summed E-state index contributed by atoms with van der Waals surface area (Å²) in [5.41, 5.74) is 6.63. The summed E-state index contributed by atoms with van der Waals surface area (Å²) in [6.45, 7) is 2.64. The molecule has 170 valence electrons. The Kier molecular flexibility index (Phi) is 6.09. The third-order valence-corrected chi connectivity index (χ3v) is 4.80. The molecular formula is C23H19FN2O7. The summed E-state index contributed by atoms with van der Waals surface area (Å²) < 4.78 is 40.1. The molecule has 0 unspecified atom stereocenters. The number of carbonyl (C=O) groups excluding carboxylic acids is 2. The molecule has 9 nitrogen and oxygen atoms in total. The van der Waals surface area contributed by atoms with Crippen molar-refractivity contribution in [1.29, 1.82) is 0 Å². The number of nitrogens with two attached hydrogens (primary N) is 1. The Labute approximate surface area is 186 Å². The maximum Gasteiger partial charge on any atom is 0.412 e. The first-order valence-corrected chi connectivity index (χ1v) is 9.87. The molecule has 4 aromatic rings. The van der Waals surface area contributed by atoms with Gasteiger partial charge in [0.1, 0.15) is 40.8 Å². The maximum atomic E-state index is 13.4. The van der Waals surface area contributed by atoms with E-state index < -0.39 is 17.9 Å². The van der Waals surface area contributed by atoms with E-state index in [1.807, 2.05) is 6.92 Å². The van der Waals surface area contributed by atoms with E-state index >= 15 is 0 Å². The van der Waals surface area contributed by atoms with Crippen molar-refractivity contribution in [3.05, 3.63) is 59.6 Å². The van der Waals surface area contributed by atoms with Crippen LogP contribution in [0.25, 0.3) is 33.6 Å². The van der Waals surface area contributed by atoms with Crippen molar-refractivity contribution in [3.63, 3.8) is 0 Å². The number of esters is 1. The van der Waals surface area contributed by atoms with E-state index in [1.54, 1.807) is 18.2 Å². The van der Waals surface area contributed by atoms with Crippen LogP contribution in [0.2, 0.25) is 0 Å². The standard InChI is InChI=1S/C23H19FN2O7/c1-3-30-11-14-8-17(26-33-14)15-9-19-16(10-18(15)29-2)20(22(27)32-23(25)28)21(31-19)12-4-6-13(24)7-5-12/h4-10H,3,11H2,1-2H3,(H2,25,28). The fourth-order valence-electron chi connectivity index (χ4n) is 3.35. The second-order valence-electron chi connectivity index (χ2n) is 6.89. The fourth-order valence-corrected chi connectivity index (χ4v) is 3.35. The quantitative estimate of drug-likeness (QED) is 0.315. The Morgan fingerprint density at radius 1 is 1.15 bits per heavy atom. The van der Waals surface area contributed by atoms with Crippen molar-refractivity contribution in [2.24, 2.45) is 5.73 Å². The molecule has 0 aliphatic carbocycles. The molecule has 2 aromatic heterocycles. The Morgan fingerprint density at radius 2 is 1.91 bits per heavy atom. The van der Waals surface area contributed by atoms with Crippen LogP contribution in [0.4, 0.5) is 9.18 Å². The number of ether oxygens (including phenoxy) is 3. The van der Waals surface area contributed by atoms with E-state index in [0.717, 1.165) is 0 Å². The van der Waals surface area contributed by atoms with Crippen LogP contribution in [-0.4, -0.2) is 30.9 Å². The number of hydrogen-bond acceptors (Lipinski definition) is 8. The van der Waals surface area contributed by atoms with Crippen molar-refractivity contribution in [1.82, 2.24) is 5.16 Å². The molecule has 0 bridgehead atoms. The summed E-state index contributed by atoms with van der Waals surface area (Å²) in [6, 6.07) is 10.2. The topological polar surface area (TPSA) is 127 Å². The molecule has 1 amide bonds. The molecule has 0 aliphatic heterocycles. The molecule has 10 heteroatoms. The van der Waals surface area contributed by atoms with E-state index in [-0.39, 0.29) is 23.5 Å². The number of fused-ring (bicyclic) bond motifs is 1. The first-order valence-electron chi connectivity index (χ1n) is 9.87. The summed E-state index contributed by atoms with van der Waals surface area (Å²) in [5.74, 6) is -0.526. The monoisotopic (exact) mass is 454 g/mol. The van der Waals surface area contributed by atoms with Gasteiger partial charge in [-0.25, -0.2) is 14.0 Å². The number of carbonyl (C=O) groups is 2. The molecule has 0 spiro atoms. The third kappa shape index (κ3) is 4.41. The Balaban J connectivity index is 1.89. The van der Waals surface area contributed by atoms with Gasteiger partial charge < -0.3 is 28.9 Å². The summed E-state index contributed by atoms with van der Waals surface area (Å²) in [7, 11) is 1.45. The number of nitrogens with zero attached hydrogens (tertiary/aromatic N) is 1. The average molecular weight is 454 g/mol. The number of hydrogen-bond donors (Lipinski definition) is 1. The van der Waals surface area contributed by atoms with Gasteiger partial charge in [0.25, 0.3) is 0 Å². The fraction of sp³-hybridized carbons (Fsp3) is 0.174. The highest BCUT2D eigenvalue weighted by atomic mass is 19.1. The van der Waals surface area contributed by atoms with E-state index in [2.05, 4.69) is 9.89 Å². The summed E-state index contributed by atoms with van der Waals surface area (Å²) >= 11 is 0. The first-order chi connectivity index (χ1) is 15.9. The lowest BCUT2D eigenvalue weighted by Gasteiger charge is -2.06. The highest BCUT2D eigenvalue weighted by molar-refractivity contribution is 6.12. The minimum atomic E-state index is -1.27. The minimum absolute atomic E-state index is 0.0579. The van der Waals surface area contributed by atoms with Gasteiger partial charge in [0.2, 0.25) is 0 Å². The van der Waals surface area contributed by atoms with E-state index in [1.165, 1.54) is 31.4 Å². The number of benzene rings is 2. The smallest absolute Gasteiger partial charge is 0.412 e. The second kappa shape index (κ2) is 9.13. The van der Waals surface area contributed by atoms with E-state index in [0.29, 0.717) is 40.3 Å². The highest BCUT2D eigenvalue weighted by Gasteiger charge is 2.27. The number of amides is 1. The van der Waals surface area contributed by atoms with Crippen LogP contribution in [0, 0.1) is 5.82 Å². The van der Waals surface area contributed by atoms with Crippen molar-refractivity contribution in [3.8, 4) is 28.3 Å². The normalized spacial score (nSPS) is 11.0. The van der Waals surface area contributed by atoms with Crippen molar-refractivity contribution in [2.75, 3.05) is 13.7 Å². The largest absolute Gasteiger partial charge is 0.496 e. The molecule has 2 aromatic carbocycles. The van der Waals surface area contributed by atoms with Gasteiger partial charge in [-0.1, -0.05) is 5.16 Å². The van der Waals surface area contributed by atoms with Crippen LogP contribution in [-0.2, 0) is 16.1 Å². The number of primary amides is 1. The summed E-state index contributed by atoms with van der Waals surface area (Å²) in [4.78, 5) is 23.9. The number of aromatic nitrogens is 1. The van der Waals surface area contributed by atoms with Gasteiger partial charge >= 0.3 is 12.1 Å². The second-order valence-corrected chi connectivity index (χ2v) is 6.89. The van der Waals surface area contributed by atoms with Gasteiger partial charge in [-0.05, 0) is 43.3 Å². The molecule has 33 heavy (non-hydrogen) atoms. The molecular weight excluding hydrogens is 435 g/mol. The predicted molar refractivity (Wildman–Crippen MR) is 114 cm³/mol. The van der Waals surface area contributed by atoms with E-state index in [4.69, 9.17) is 24.1 Å². The lowest BCUT2D eigenvalue weighted by molar-refractivity contribution is 0.0640. The SMILES string of the molecule is CCOCc1cc(-c2cc3oc(-c4ccc(F)cc4)c(C(=O)OC(N)=O)c3cc2OC)no1. The lowest BCUT2D eigenvalue weighted by atomic mass is 10.0. The summed E-state index contributed by atoms with van der Waals surface area (Å²) in [5, 5.41) is 4.36. The zero-order chi connectivity index (χ0) is 23.5. The zero-order valence-corrected chi connectivity index (χ0v) is 17.7. The Morgan fingerprint density at radius 3 is 2.58 bits per heavy atom.